The van der Waals surface area contributed by atoms with Crippen LogP contribution in [0.15, 0.2) is 41.5 Å². The number of nitrogens with two attached hydrogens (primary N) is 1. The molecule has 0 spiro atoms. The fourth-order valence-electron chi connectivity index (χ4n) is 2.43. The van der Waals surface area contributed by atoms with Crippen molar-refractivity contribution >= 4 is 38.8 Å². The quantitative estimate of drug-likeness (QED) is 0.501. The number of carbonyl (C=O) groups is 1. The molecule has 8 heteroatoms. The molecule has 0 saturated carbocycles. The first-order chi connectivity index (χ1) is 13.0. The number of fused-ring (bicyclic) bond motifs is 1. The van der Waals surface area contributed by atoms with Crippen molar-refractivity contribution in [3.8, 4) is 11.5 Å². The fraction of sp³-hybridized carbons (Fsp3) is 0.211. The van der Waals surface area contributed by atoms with E-state index >= 15 is 0 Å². The molecular formula is C19H20N4O3S. The number of thiazole rings is 1. The molecule has 2 aromatic carbocycles. The van der Waals surface area contributed by atoms with Crippen LogP contribution in [0, 0.1) is 0 Å². The summed E-state index contributed by atoms with van der Waals surface area (Å²) < 4.78 is 11.9. The third kappa shape index (κ3) is 4.53. The molecule has 1 amide bonds. The number of nitrogen functional groups attached to an aromatic ring is 1. The number of benzene rings is 2. The number of methoxy groups -OCH3 is 1. The molecule has 3 rings (SSSR count). The summed E-state index contributed by atoms with van der Waals surface area (Å²) in [6.07, 6.45) is 1.59. The van der Waals surface area contributed by atoms with Crippen molar-refractivity contribution in [3.63, 3.8) is 0 Å². The summed E-state index contributed by atoms with van der Waals surface area (Å²) in [6, 6.07) is 10.6. The molecule has 0 aliphatic carbocycles. The van der Waals surface area contributed by atoms with Crippen LogP contribution in [0.5, 0.6) is 11.5 Å². The second-order valence-electron chi connectivity index (χ2n) is 6.01. The van der Waals surface area contributed by atoms with Crippen LogP contribution in [0.25, 0.3) is 10.2 Å². The number of hydrogen-bond acceptors (Lipinski definition) is 7. The van der Waals surface area contributed by atoms with Crippen molar-refractivity contribution in [1.29, 1.82) is 0 Å². The van der Waals surface area contributed by atoms with Crippen LogP contribution >= 0.6 is 11.3 Å². The van der Waals surface area contributed by atoms with E-state index in [0.717, 1.165) is 15.8 Å². The van der Waals surface area contributed by atoms with E-state index in [-0.39, 0.29) is 12.0 Å². The van der Waals surface area contributed by atoms with Crippen molar-refractivity contribution in [2.75, 3.05) is 12.8 Å². The van der Waals surface area contributed by atoms with Crippen LogP contribution in [0.1, 0.15) is 29.8 Å². The fourth-order valence-corrected chi connectivity index (χ4v) is 3.20. The zero-order valence-electron chi connectivity index (χ0n) is 15.2. The number of ether oxygens (including phenoxy) is 2. The molecule has 0 aliphatic heterocycles. The lowest BCUT2D eigenvalue weighted by Gasteiger charge is -2.13. The van der Waals surface area contributed by atoms with Gasteiger partial charge in [0.1, 0.15) is 0 Å². The summed E-state index contributed by atoms with van der Waals surface area (Å²) in [5.74, 6) is 0.949. The molecule has 27 heavy (non-hydrogen) atoms. The van der Waals surface area contributed by atoms with Crippen molar-refractivity contribution in [2.45, 2.75) is 20.0 Å². The van der Waals surface area contributed by atoms with Gasteiger partial charge in [0.05, 0.1) is 29.6 Å². The molecule has 0 aliphatic rings. The van der Waals surface area contributed by atoms with Crippen molar-refractivity contribution in [1.82, 2.24) is 10.4 Å². The molecule has 1 heterocycles. The van der Waals surface area contributed by atoms with E-state index < -0.39 is 0 Å². The Morgan fingerprint density at radius 2 is 2.07 bits per heavy atom. The number of hydrogen-bond donors (Lipinski definition) is 2. The van der Waals surface area contributed by atoms with E-state index in [1.807, 2.05) is 26.0 Å². The van der Waals surface area contributed by atoms with E-state index in [1.165, 1.54) is 11.3 Å². The Kier molecular flexibility index (Phi) is 5.56. The Labute approximate surface area is 160 Å². The van der Waals surface area contributed by atoms with Crippen molar-refractivity contribution < 1.29 is 14.3 Å². The highest BCUT2D eigenvalue weighted by Gasteiger charge is 2.09. The van der Waals surface area contributed by atoms with Crippen LogP contribution in [0.4, 0.5) is 5.13 Å². The zero-order valence-corrected chi connectivity index (χ0v) is 16.0. The molecule has 0 fully saturated rings. The van der Waals surface area contributed by atoms with E-state index in [9.17, 15) is 4.79 Å². The van der Waals surface area contributed by atoms with Gasteiger partial charge in [0, 0.05) is 5.56 Å². The maximum atomic E-state index is 12.3. The minimum Gasteiger partial charge on any atom is -0.493 e. The predicted octanol–water partition coefficient (Wildman–Crippen LogP) is 3.44. The molecule has 7 nitrogen and oxygen atoms in total. The predicted molar refractivity (Wildman–Crippen MR) is 108 cm³/mol. The first-order valence-electron chi connectivity index (χ1n) is 8.30. The average Bonchev–Trinajstić information content (AvgIpc) is 3.01. The number of nitrogens with one attached hydrogen (secondary N) is 1. The number of hydrazone groups is 1. The smallest absolute Gasteiger partial charge is 0.271 e. The van der Waals surface area contributed by atoms with Gasteiger partial charge in [-0.05, 0) is 55.8 Å². The lowest BCUT2D eigenvalue weighted by atomic mass is 10.2. The first kappa shape index (κ1) is 18.7. The van der Waals surface area contributed by atoms with Gasteiger partial charge in [-0.15, -0.1) is 0 Å². The Balaban J connectivity index is 1.69. The summed E-state index contributed by atoms with van der Waals surface area (Å²) in [5.41, 5.74) is 10.2. The zero-order chi connectivity index (χ0) is 19.4. The SMILES string of the molecule is COc1cc(/C=N\NC(=O)c2ccc3nc(N)sc3c2)ccc1OC(C)C. The largest absolute Gasteiger partial charge is 0.493 e. The highest BCUT2D eigenvalue weighted by atomic mass is 32.1. The lowest BCUT2D eigenvalue weighted by molar-refractivity contribution is 0.0955. The van der Waals surface area contributed by atoms with Gasteiger partial charge in [-0.1, -0.05) is 11.3 Å². The standard InChI is InChI=1S/C19H20N4O3S/c1-11(2)26-15-7-4-12(8-16(15)25-3)10-21-23-18(24)13-5-6-14-17(9-13)27-19(20)22-14/h4-11H,1-3H3,(H2,20,22)(H,23,24)/b21-10-. The van der Waals surface area contributed by atoms with Gasteiger partial charge in [0.25, 0.3) is 5.91 Å². The summed E-state index contributed by atoms with van der Waals surface area (Å²) in [6.45, 7) is 3.89. The van der Waals surface area contributed by atoms with Crippen LogP contribution in [0.2, 0.25) is 0 Å². The summed E-state index contributed by atoms with van der Waals surface area (Å²) in [7, 11) is 1.58. The molecule has 3 N–H and O–H groups in total. The second kappa shape index (κ2) is 8.05. The van der Waals surface area contributed by atoms with Gasteiger partial charge in [-0.3, -0.25) is 4.79 Å². The molecule has 0 bridgehead atoms. The third-order valence-electron chi connectivity index (χ3n) is 3.60. The van der Waals surface area contributed by atoms with Crippen LogP contribution < -0.4 is 20.6 Å². The Morgan fingerprint density at radius 3 is 2.81 bits per heavy atom. The summed E-state index contributed by atoms with van der Waals surface area (Å²) >= 11 is 1.34. The van der Waals surface area contributed by atoms with Crippen LogP contribution in [-0.2, 0) is 0 Å². The molecule has 140 valence electrons. The molecule has 0 radical (unpaired) electrons. The minimum atomic E-state index is -0.313. The second-order valence-corrected chi connectivity index (χ2v) is 7.07. The van der Waals surface area contributed by atoms with Crippen molar-refractivity contribution in [3.05, 3.63) is 47.5 Å². The van der Waals surface area contributed by atoms with Gasteiger partial charge in [-0.25, -0.2) is 10.4 Å². The van der Waals surface area contributed by atoms with Gasteiger partial charge < -0.3 is 15.2 Å². The highest BCUT2D eigenvalue weighted by molar-refractivity contribution is 7.22. The maximum absolute atomic E-state index is 12.3. The van der Waals surface area contributed by atoms with E-state index in [1.54, 1.807) is 37.6 Å². The minimum absolute atomic E-state index is 0.0453. The lowest BCUT2D eigenvalue weighted by Crippen LogP contribution is -2.17. The summed E-state index contributed by atoms with van der Waals surface area (Å²) in [5, 5.41) is 4.48. The van der Waals surface area contributed by atoms with E-state index in [2.05, 4.69) is 15.5 Å². The Bertz CT molecular complexity index is 998. The van der Waals surface area contributed by atoms with Gasteiger partial charge in [-0.2, -0.15) is 5.10 Å². The number of rotatable bonds is 6. The number of anilines is 1. The number of nitrogens with zero attached hydrogens (tertiary/aromatic N) is 2. The van der Waals surface area contributed by atoms with Crippen LogP contribution in [0.3, 0.4) is 0 Å². The molecule has 0 atom stereocenters. The number of amides is 1. The molecule has 1 aromatic heterocycles. The molecule has 0 saturated heterocycles. The van der Waals surface area contributed by atoms with Gasteiger partial charge in [0.15, 0.2) is 16.6 Å². The maximum Gasteiger partial charge on any atom is 0.271 e. The number of aromatic nitrogens is 1. The van der Waals surface area contributed by atoms with Gasteiger partial charge >= 0.3 is 0 Å². The van der Waals surface area contributed by atoms with Crippen LogP contribution in [-0.4, -0.2) is 30.3 Å². The molecule has 0 unspecified atom stereocenters. The topological polar surface area (TPSA) is 98.8 Å². The average molecular weight is 384 g/mol. The van der Waals surface area contributed by atoms with Crippen molar-refractivity contribution in [2.24, 2.45) is 5.10 Å². The molecule has 3 aromatic rings. The third-order valence-corrected chi connectivity index (χ3v) is 4.44. The van der Waals surface area contributed by atoms with E-state index in [0.29, 0.717) is 22.2 Å². The normalized spacial score (nSPS) is 11.3. The molecular weight excluding hydrogens is 364 g/mol. The van der Waals surface area contributed by atoms with Gasteiger partial charge in [0.2, 0.25) is 0 Å². The first-order valence-corrected chi connectivity index (χ1v) is 9.12. The Morgan fingerprint density at radius 1 is 1.26 bits per heavy atom. The van der Waals surface area contributed by atoms with E-state index in [4.69, 9.17) is 15.2 Å². The monoisotopic (exact) mass is 384 g/mol. The number of carbonyl (C=O) groups excluding carboxylic acids is 1. The summed E-state index contributed by atoms with van der Waals surface area (Å²) in [4.78, 5) is 16.4. The Hall–Kier alpha value is -3.13. The highest BCUT2D eigenvalue weighted by Crippen LogP contribution is 2.28.